The van der Waals surface area contributed by atoms with Gasteiger partial charge < -0.3 is 9.84 Å². The van der Waals surface area contributed by atoms with Gasteiger partial charge in [0, 0.05) is 0 Å². The first-order chi connectivity index (χ1) is 10.1. The van der Waals surface area contributed by atoms with Gasteiger partial charge in [-0.3, -0.25) is 0 Å². The summed E-state index contributed by atoms with van der Waals surface area (Å²) in [6, 6.07) is 6.58. The molecular formula is C14H15N3O4. The third-order valence-corrected chi connectivity index (χ3v) is 2.79. The van der Waals surface area contributed by atoms with Gasteiger partial charge in [-0.25, -0.2) is 14.3 Å². The lowest BCUT2D eigenvalue weighted by Gasteiger charge is -2.05. The lowest BCUT2D eigenvalue weighted by atomic mass is 10.2. The van der Waals surface area contributed by atoms with E-state index in [2.05, 4.69) is 10.3 Å². The van der Waals surface area contributed by atoms with E-state index in [9.17, 15) is 9.59 Å². The fourth-order valence-corrected chi connectivity index (χ4v) is 1.66. The molecule has 0 aliphatic heterocycles. The van der Waals surface area contributed by atoms with Crippen LogP contribution in [0.3, 0.4) is 0 Å². The average Bonchev–Trinajstić information content (AvgIpc) is 2.97. The number of carboxylic acid groups (broad SMARTS) is 1. The van der Waals surface area contributed by atoms with Gasteiger partial charge in [-0.2, -0.15) is 0 Å². The van der Waals surface area contributed by atoms with Crippen LogP contribution in [0.5, 0.6) is 0 Å². The molecule has 1 aromatic carbocycles. The number of esters is 1. The normalized spacial score (nSPS) is 10.3. The molecule has 1 N–H and O–H groups in total. The SMILES string of the molecule is CCCCOC(=O)c1cccc(-n2cc(C(=O)O)nn2)c1. The molecule has 0 radical (unpaired) electrons. The summed E-state index contributed by atoms with van der Waals surface area (Å²) in [4.78, 5) is 22.6. The number of carboxylic acids is 1. The molecule has 21 heavy (non-hydrogen) atoms. The lowest BCUT2D eigenvalue weighted by molar-refractivity contribution is 0.0499. The lowest BCUT2D eigenvalue weighted by Crippen LogP contribution is -2.07. The number of carbonyl (C=O) groups excluding carboxylic acids is 1. The zero-order valence-electron chi connectivity index (χ0n) is 11.5. The highest BCUT2D eigenvalue weighted by Gasteiger charge is 2.12. The van der Waals surface area contributed by atoms with Crippen molar-refractivity contribution < 1.29 is 19.4 Å². The molecule has 1 aromatic heterocycles. The quantitative estimate of drug-likeness (QED) is 0.645. The van der Waals surface area contributed by atoms with Gasteiger partial charge in [-0.15, -0.1) is 5.10 Å². The summed E-state index contributed by atoms with van der Waals surface area (Å²) in [5.74, 6) is -1.57. The highest BCUT2D eigenvalue weighted by molar-refractivity contribution is 5.90. The van der Waals surface area contributed by atoms with Crippen LogP contribution in [0.15, 0.2) is 30.5 Å². The first-order valence-electron chi connectivity index (χ1n) is 6.55. The van der Waals surface area contributed by atoms with Crippen molar-refractivity contribution in [1.82, 2.24) is 15.0 Å². The maximum atomic E-state index is 11.9. The molecule has 0 saturated heterocycles. The predicted octanol–water partition coefficient (Wildman–Crippen LogP) is 1.92. The fraction of sp³-hybridized carbons (Fsp3) is 0.286. The summed E-state index contributed by atoms with van der Waals surface area (Å²) >= 11 is 0. The number of nitrogens with zero attached hydrogens (tertiary/aromatic N) is 3. The second kappa shape index (κ2) is 6.65. The molecule has 7 nitrogen and oxygen atoms in total. The van der Waals surface area contributed by atoms with E-state index in [4.69, 9.17) is 9.84 Å². The average molecular weight is 289 g/mol. The second-order valence-electron chi connectivity index (χ2n) is 4.39. The molecule has 7 heteroatoms. The Morgan fingerprint density at radius 1 is 1.38 bits per heavy atom. The van der Waals surface area contributed by atoms with Crippen LogP contribution in [0.4, 0.5) is 0 Å². The van der Waals surface area contributed by atoms with Gasteiger partial charge in [0.15, 0.2) is 5.69 Å². The van der Waals surface area contributed by atoms with Gasteiger partial charge >= 0.3 is 11.9 Å². The minimum Gasteiger partial charge on any atom is -0.476 e. The molecule has 0 bridgehead atoms. The Bertz CT molecular complexity index is 651. The molecule has 1 heterocycles. The maximum absolute atomic E-state index is 11.9. The van der Waals surface area contributed by atoms with Gasteiger partial charge in [-0.1, -0.05) is 24.6 Å². The highest BCUT2D eigenvalue weighted by Crippen LogP contribution is 2.11. The van der Waals surface area contributed by atoms with Crippen LogP contribution >= 0.6 is 0 Å². The Morgan fingerprint density at radius 3 is 2.86 bits per heavy atom. The van der Waals surface area contributed by atoms with Crippen LogP contribution in [0.2, 0.25) is 0 Å². The summed E-state index contributed by atoms with van der Waals surface area (Å²) in [6.07, 6.45) is 3.05. The van der Waals surface area contributed by atoms with Gasteiger partial charge in [0.25, 0.3) is 0 Å². The largest absolute Gasteiger partial charge is 0.476 e. The van der Waals surface area contributed by atoms with Crippen LogP contribution in [-0.2, 0) is 4.74 Å². The molecule has 110 valence electrons. The monoisotopic (exact) mass is 289 g/mol. The van der Waals surface area contributed by atoms with E-state index in [-0.39, 0.29) is 5.69 Å². The first-order valence-corrected chi connectivity index (χ1v) is 6.55. The number of hydrogen-bond acceptors (Lipinski definition) is 5. The summed E-state index contributed by atoms with van der Waals surface area (Å²) in [5, 5.41) is 16.1. The molecule has 0 aliphatic rings. The van der Waals surface area contributed by atoms with E-state index in [1.165, 1.54) is 10.9 Å². The van der Waals surface area contributed by atoms with E-state index < -0.39 is 11.9 Å². The maximum Gasteiger partial charge on any atom is 0.358 e. The smallest absolute Gasteiger partial charge is 0.358 e. The molecule has 0 spiro atoms. The molecular weight excluding hydrogens is 274 g/mol. The molecule has 0 unspecified atom stereocenters. The van der Waals surface area contributed by atoms with E-state index in [1.54, 1.807) is 24.3 Å². The van der Waals surface area contributed by atoms with Gasteiger partial charge in [0.1, 0.15) is 0 Å². The van der Waals surface area contributed by atoms with Crippen molar-refractivity contribution in [3.8, 4) is 5.69 Å². The molecule has 0 aliphatic carbocycles. The van der Waals surface area contributed by atoms with Crippen molar-refractivity contribution in [2.75, 3.05) is 6.61 Å². The number of benzene rings is 1. The Balaban J connectivity index is 2.16. The van der Waals surface area contributed by atoms with Crippen molar-refractivity contribution in [2.45, 2.75) is 19.8 Å². The summed E-state index contributed by atoms with van der Waals surface area (Å²) in [5.41, 5.74) is 0.766. The van der Waals surface area contributed by atoms with E-state index >= 15 is 0 Å². The Hall–Kier alpha value is -2.70. The van der Waals surface area contributed by atoms with Crippen molar-refractivity contribution >= 4 is 11.9 Å². The third kappa shape index (κ3) is 3.65. The van der Waals surface area contributed by atoms with Gasteiger partial charge in [-0.05, 0) is 24.6 Å². The van der Waals surface area contributed by atoms with Gasteiger partial charge in [0.05, 0.1) is 24.1 Å². The Morgan fingerprint density at radius 2 is 2.19 bits per heavy atom. The third-order valence-electron chi connectivity index (χ3n) is 2.79. The van der Waals surface area contributed by atoms with Crippen molar-refractivity contribution in [3.05, 3.63) is 41.7 Å². The minimum atomic E-state index is -1.16. The number of ether oxygens (including phenoxy) is 1. The van der Waals surface area contributed by atoms with Crippen LogP contribution in [0, 0.1) is 0 Å². The van der Waals surface area contributed by atoms with Crippen LogP contribution < -0.4 is 0 Å². The number of carbonyl (C=O) groups is 2. The van der Waals surface area contributed by atoms with E-state index in [1.807, 2.05) is 6.92 Å². The van der Waals surface area contributed by atoms with E-state index in [0.717, 1.165) is 12.8 Å². The molecule has 0 amide bonds. The Kier molecular flexibility index (Phi) is 4.65. The summed E-state index contributed by atoms with van der Waals surface area (Å²) < 4.78 is 6.42. The topological polar surface area (TPSA) is 94.3 Å². The summed E-state index contributed by atoms with van der Waals surface area (Å²) in [7, 11) is 0. The van der Waals surface area contributed by atoms with E-state index in [0.29, 0.717) is 17.9 Å². The molecule has 0 saturated carbocycles. The molecule has 0 atom stereocenters. The molecule has 0 fully saturated rings. The predicted molar refractivity (Wildman–Crippen MR) is 73.5 cm³/mol. The number of unbranched alkanes of at least 4 members (excludes halogenated alkanes) is 1. The van der Waals surface area contributed by atoms with Crippen molar-refractivity contribution in [1.29, 1.82) is 0 Å². The molecule has 2 aromatic rings. The number of hydrogen-bond donors (Lipinski definition) is 1. The second-order valence-corrected chi connectivity index (χ2v) is 4.39. The van der Waals surface area contributed by atoms with Crippen molar-refractivity contribution in [2.24, 2.45) is 0 Å². The zero-order valence-corrected chi connectivity index (χ0v) is 11.5. The first kappa shape index (κ1) is 14.7. The fourth-order valence-electron chi connectivity index (χ4n) is 1.66. The standard InChI is InChI=1S/C14H15N3O4/c1-2-3-7-21-14(20)10-5-4-6-11(8-10)17-9-12(13(18)19)15-16-17/h4-6,8-9H,2-3,7H2,1H3,(H,18,19). The van der Waals surface area contributed by atoms with Crippen molar-refractivity contribution in [3.63, 3.8) is 0 Å². The van der Waals surface area contributed by atoms with Gasteiger partial charge in [0.2, 0.25) is 0 Å². The number of aromatic nitrogens is 3. The minimum absolute atomic E-state index is 0.161. The Labute approximate surface area is 121 Å². The van der Waals surface area contributed by atoms with Crippen LogP contribution in [0.1, 0.15) is 40.6 Å². The molecule has 2 rings (SSSR count). The number of aromatic carboxylic acids is 1. The van der Waals surface area contributed by atoms with Crippen LogP contribution in [0.25, 0.3) is 5.69 Å². The highest BCUT2D eigenvalue weighted by atomic mass is 16.5. The number of rotatable bonds is 6. The summed E-state index contributed by atoms with van der Waals surface area (Å²) in [6.45, 7) is 2.39. The zero-order chi connectivity index (χ0) is 15.2. The van der Waals surface area contributed by atoms with Crippen LogP contribution in [-0.4, -0.2) is 38.6 Å².